The van der Waals surface area contributed by atoms with Gasteiger partial charge in [-0.05, 0) is 31.5 Å². The van der Waals surface area contributed by atoms with Crippen LogP contribution >= 0.6 is 0 Å². The highest BCUT2D eigenvalue weighted by molar-refractivity contribution is 5.89. The highest BCUT2D eigenvalue weighted by Crippen LogP contribution is 2.33. The number of urea groups is 1. The van der Waals surface area contributed by atoms with E-state index in [1.54, 1.807) is 14.0 Å². The highest BCUT2D eigenvalue weighted by atomic mass is 19.4. The fraction of sp³-hybridized carbons (Fsp3) is 0.417. The van der Waals surface area contributed by atoms with E-state index >= 15 is 0 Å². The third-order valence-electron chi connectivity index (χ3n) is 2.62. The van der Waals surface area contributed by atoms with Gasteiger partial charge in [0.15, 0.2) is 0 Å². The van der Waals surface area contributed by atoms with Crippen molar-refractivity contribution in [2.75, 3.05) is 18.9 Å². The number of hydrogen-bond donors (Lipinski definition) is 1. The quantitative estimate of drug-likeness (QED) is 0.867. The van der Waals surface area contributed by atoms with E-state index in [-0.39, 0.29) is 11.3 Å². The predicted octanol–water partition coefficient (Wildman–Crippen LogP) is 3.50. The van der Waals surface area contributed by atoms with Crippen molar-refractivity contribution >= 4 is 11.7 Å². The summed E-state index contributed by atoms with van der Waals surface area (Å²) in [5.74, 6) is 0. The van der Waals surface area contributed by atoms with Crippen LogP contribution in [-0.4, -0.2) is 24.5 Å². The van der Waals surface area contributed by atoms with Crippen molar-refractivity contribution in [1.29, 1.82) is 0 Å². The maximum Gasteiger partial charge on any atom is 0.416 e. The number of nitrogens with zero attached hydrogens (tertiary/aromatic N) is 1. The molecule has 1 N–H and O–H groups in total. The molecule has 0 fully saturated rings. The van der Waals surface area contributed by atoms with Gasteiger partial charge in [0, 0.05) is 19.3 Å². The molecule has 0 unspecified atom stereocenters. The Labute approximate surface area is 104 Å². The molecular formula is C12H15F3N2O. The molecule has 0 radical (unpaired) electrons. The minimum atomic E-state index is -4.42. The lowest BCUT2D eigenvalue weighted by atomic mass is 10.1. The van der Waals surface area contributed by atoms with Crippen molar-refractivity contribution in [2.24, 2.45) is 0 Å². The third-order valence-corrected chi connectivity index (χ3v) is 2.62. The van der Waals surface area contributed by atoms with Crippen LogP contribution in [0.1, 0.15) is 18.1 Å². The molecule has 0 spiro atoms. The van der Waals surface area contributed by atoms with Crippen molar-refractivity contribution in [3.8, 4) is 0 Å². The number of hydrogen-bond acceptors (Lipinski definition) is 1. The number of aryl methyl sites for hydroxylation is 1. The summed E-state index contributed by atoms with van der Waals surface area (Å²) in [6.07, 6.45) is -4.42. The third kappa shape index (κ3) is 3.38. The van der Waals surface area contributed by atoms with Gasteiger partial charge in [0.1, 0.15) is 0 Å². The van der Waals surface area contributed by atoms with Crippen LogP contribution in [0.4, 0.5) is 23.7 Å². The molecule has 100 valence electrons. The van der Waals surface area contributed by atoms with Gasteiger partial charge < -0.3 is 10.2 Å². The maximum absolute atomic E-state index is 12.7. The maximum atomic E-state index is 12.7. The molecule has 0 saturated carbocycles. The van der Waals surface area contributed by atoms with Crippen molar-refractivity contribution < 1.29 is 18.0 Å². The predicted molar refractivity (Wildman–Crippen MR) is 63.5 cm³/mol. The molecule has 0 saturated heterocycles. The molecule has 1 rings (SSSR count). The molecule has 0 heterocycles. The molecule has 6 heteroatoms. The van der Waals surface area contributed by atoms with Crippen LogP contribution < -0.4 is 5.32 Å². The van der Waals surface area contributed by atoms with E-state index in [9.17, 15) is 18.0 Å². The highest BCUT2D eigenvalue weighted by Gasteiger charge is 2.32. The first-order valence-corrected chi connectivity index (χ1v) is 5.45. The number of rotatable bonds is 2. The van der Waals surface area contributed by atoms with E-state index in [1.165, 1.54) is 24.0 Å². The summed E-state index contributed by atoms with van der Waals surface area (Å²) >= 11 is 0. The average Bonchev–Trinajstić information content (AvgIpc) is 2.29. The van der Waals surface area contributed by atoms with E-state index in [0.29, 0.717) is 6.54 Å². The first-order valence-electron chi connectivity index (χ1n) is 5.45. The Bertz CT molecular complexity index is 443. The summed E-state index contributed by atoms with van der Waals surface area (Å²) in [6.45, 7) is 3.63. The zero-order valence-corrected chi connectivity index (χ0v) is 10.4. The number of amides is 2. The lowest BCUT2D eigenvalue weighted by Crippen LogP contribution is -2.31. The zero-order chi connectivity index (χ0) is 13.9. The largest absolute Gasteiger partial charge is 0.416 e. The van der Waals surface area contributed by atoms with Gasteiger partial charge in [-0.15, -0.1) is 0 Å². The Hall–Kier alpha value is -1.72. The summed E-state index contributed by atoms with van der Waals surface area (Å²) in [4.78, 5) is 12.9. The molecule has 0 aliphatic heterocycles. The average molecular weight is 260 g/mol. The van der Waals surface area contributed by atoms with E-state index in [0.717, 1.165) is 6.07 Å². The monoisotopic (exact) mass is 260 g/mol. The molecule has 1 aromatic rings. The van der Waals surface area contributed by atoms with E-state index in [4.69, 9.17) is 0 Å². The molecule has 0 aromatic heterocycles. The summed E-state index contributed by atoms with van der Waals surface area (Å²) in [5, 5.41) is 2.42. The zero-order valence-electron chi connectivity index (χ0n) is 10.4. The van der Waals surface area contributed by atoms with Crippen LogP contribution in [0.3, 0.4) is 0 Å². The topological polar surface area (TPSA) is 32.3 Å². The molecule has 2 amide bonds. The first kappa shape index (κ1) is 14.3. The fourth-order valence-corrected chi connectivity index (χ4v) is 1.37. The lowest BCUT2D eigenvalue weighted by molar-refractivity contribution is -0.138. The standard InChI is InChI=1S/C12H15F3N2O/c1-4-17(3)11(18)16-9-6-5-8(2)10(7-9)12(13,14)15/h5-7H,4H2,1-3H3,(H,16,18). The number of nitrogens with one attached hydrogen (secondary N) is 1. The van der Waals surface area contributed by atoms with Gasteiger partial charge in [0.2, 0.25) is 0 Å². The molecule has 1 aromatic carbocycles. The molecule has 18 heavy (non-hydrogen) atoms. The molecular weight excluding hydrogens is 245 g/mol. The van der Waals surface area contributed by atoms with Crippen LogP contribution in [0.2, 0.25) is 0 Å². The smallest absolute Gasteiger partial charge is 0.328 e. The van der Waals surface area contributed by atoms with Gasteiger partial charge in [-0.3, -0.25) is 0 Å². The Morgan fingerprint density at radius 3 is 2.50 bits per heavy atom. The molecule has 0 aliphatic carbocycles. The molecule has 0 aliphatic rings. The van der Waals surface area contributed by atoms with Gasteiger partial charge in [0.25, 0.3) is 0 Å². The number of carbonyl (C=O) groups excluding carboxylic acids is 1. The summed E-state index contributed by atoms with van der Waals surface area (Å²) in [5.41, 5.74) is -0.470. The summed E-state index contributed by atoms with van der Waals surface area (Å²) in [6, 6.07) is 3.29. The van der Waals surface area contributed by atoms with Crippen LogP contribution in [0, 0.1) is 6.92 Å². The van der Waals surface area contributed by atoms with Gasteiger partial charge in [0.05, 0.1) is 5.56 Å². The second-order valence-electron chi connectivity index (χ2n) is 3.97. The normalized spacial score (nSPS) is 11.2. The molecule has 0 atom stereocenters. The van der Waals surface area contributed by atoms with Crippen molar-refractivity contribution in [3.63, 3.8) is 0 Å². The van der Waals surface area contributed by atoms with E-state index < -0.39 is 17.8 Å². The van der Waals surface area contributed by atoms with Crippen LogP contribution in [-0.2, 0) is 6.18 Å². The Kier molecular flexibility index (Phi) is 4.21. The van der Waals surface area contributed by atoms with E-state index in [1.807, 2.05) is 0 Å². The van der Waals surface area contributed by atoms with Crippen molar-refractivity contribution in [2.45, 2.75) is 20.0 Å². The van der Waals surface area contributed by atoms with Gasteiger partial charge in [-0.25, -0.2) is 4.79 Å². The number of alkyl halides is 3. The Morgan fingerprint density at radius 1 is 1.39 bits per heavy atom. The van der Waals surface area contributed by atoms with Crippen LogP contribution in [0.5, 0.6) is 0 Å². The van der Waals surface area contributed by atoms with E-state index in [2.05, 4.69) is 5.32 Å². The second kappa shape index (κ2) is 5.29. The number of carbonyl (C=O) groups is 1. The Morgan fingerprint density at radius 2 is 2.00 bits per heavy atom. The van der Waals surface area contributed by atoms with Gasteiger partial charge in [-0.2, -0.15) is 13.2 Å². The summed E-state index contributed by atoms with van der Waals surface area (Å²) in [7, 11) is 1.56. The van der Waals surface area contributed by atoms with Crippen LogP contribution in [0.15, 0.2) is 18.2 Å². The minimum absolute atomic E-state index is 0.129. The number of benzene rings is 1. The number of anilines is 1. The van der Waals surface area contributed by atoms with Gasteiger partial charge in [-0.1, -0.05) is 6.07 Å². The van der Waals surface area contributed by atoms with Gasteiger partial charge >= 0.3 is 12.2 Å². The minimum Gasteiger partial charge on any atom is -0.328 e. The molecule has 0 bridgehead atoms. The molecule has 3 nitrogen and oxygen atoms in total. The first-order chi connectivity index (χ1) is 8.25. The fourth-order valence-electron chi connectivity index (χ4n) is 1.37. The summed E-state index contributed by atoms with van der Waals surface area (Å²) < 4.78 is 38.0. The van der Waals surface area contributed by atoms with Crippen LogP contribution in [0.25, 0.3) is 0 Å². The second-order valence-corrected chi connectivity index (χ2v) is 3.97. The Balaban J connectivity index is 2.96. The number of halogens is 3. The SMILES string of the molecule is CCN(C)C(=O)Nc1ccc(C)c(C(F)(F)F)c1. The van der Waals surface area contributed by atoms with Crippen molar-refractivity contribution in [3.05, 3.63) is 29.3 Å². The lowest BCUT2D eigenvalue weighted by Gasteiger charge is -2.17. The van der Waals surface area contributed by atoms with Crippen molar-refractivity contribution in [1.82, 2.24) is 4.90 Å².